The predicted octanol–water partition coefficient (Wildman–Crippen LogP) is 2.48. The van der Waals surface area contributed by atoms with Crippen molar-refractivity contribution in [2.45, 2.75) is 38.6 Å². The second-order valence-corrected chi connectivity index (χ2v) is 7.37. The molecule has 1 aromatic rings. The number of carbonyl (C=O) groups excluding carboxylic acids is 2. The van der Waals surface area contributed by atoms with Crippen molar-refractivity contribution in [3.8, 4) is 0 Å². The predicted molar refractivity (Wildman–Crippen MR) is 106 cm³/mol. The third kappa shape index (κ3) is 4.77. The fraction of sp³-hybridized carbons (Fsp3) is 0.600. The normalized spacial score (nSPS) is 23.3. The zero-order chi connectivity index (χ0) is 17.8. The lowest BCUT2D eigenvalue weighted by molar-refractivity contribution is -0.138. The third-order valence-electron chi connectivity index (χ3n) is 5.50. The Morgan fingerprint density at radius 3 is 2.35 bits per heavy atom. The lowest BCUT2D eigenvalue weighted by Gasteiger charge is -2.38. The molecule has 2 heterocycles. The van der Waals surface area contributed by atoms with E-state index in [2.05, 4.69) is 5.32 Å². The molecule has 1 aromatic carbocycles. The number of aryl methyl sites for hydroxylation is 1. The highest BCUT2D eigenvalue weighted by Crippen LogP contribution is 2.22. The van der Waals surface area contributed by atoms with Gasteiger partial charge in [0, 0.05) is 37.8 Å². The summed E-state index contributed by atoms with van der Waals surface area (Å²) in [5.74, 6) is 0.212. The van der Waals surface area contributed by atoms with Gasteiger partial charge in [-0.2, -0.15) is 0 Å². The quantitative estimate of drug-likeness (QED) is 0.877. The van der Waals surface area contributed by atoms with E-state index < -0.39 is 0 Å². The van der Waals surface area contributed by atoms with Crippen LogP contribution in [0.15, 0.2) is 24.3 Å². The van der Waals surface area contributed by atoms with Gasteiger partial charge >= 0.3 is 0 Å². The van der Waals surface area contributed by atoms with Crippen LogP contribution in [0.2, 0.25) is 0 Å². The highest BCUT2D eigenvalue weighted by atomic mass is 35.5. The van der Waals surface area contributed by atoms with Crippen molar-refractivity contribution in [1.29, 1.82) is 0 Å². The number of hydrogen-bond donors (Lipinski definition) is 1. The van der Waals surface area contributed by atoms with Crippen LogP contribution in [0.25, 0.3) is 0 Å². The molecule has 2 amide bonds. The van der Waals surface area contributed by atoms with Gasteiger partial charge in [-0.3, -0.25) is 9.59 Å². The van der Waals surface area contributed by atoms with Crippen LogP contribution < -0.4 is 5.32 Å². The molecule has 3 rings (SSSR count). The van der Waals surface area contributed by atoms with Crippen molar-refractivity contribution in [1.82, 2.24) is 15.1 Å². The van der Waals surface area contributed by atoms with Gasteiger partial charge < -0.3 is 15.1 Å². The van der Waals surface area contributed by atoms with Crippen LogP contribution in [0.4, 0.5) is 0 Å². The van der Waals surface area contributed by atoms with Gasteiger partial charge in [0.15, 0.2) is 0 Å². The lowest BCUT2D eigenvalue weighted by Crippen LogP contribution is -2.52. The van der Waals surface area contributed by atoms with Crippen LogP contribution in [-0.4, -0.2) is 60.9 Å². The second kappa shape index (κ2) is 9.38. The van der Waals surface area contributed by atoms with Crippen molar-refractivity contribution in [3.63, 3.8) is 0 Å². The minimum atomic E-state index is -0.0567. The third-order valence-corrected chi connectivity index (χ3v) is 5.50. The monoisotopic (exact) mass is 379 g/mol. The first-order chi connectivity index (χ1) is 12.1. The molecule has 0 aromatic heterocycles. The molecule has 0 bridgehead atoms. The SMILES string of the molecule is CNC1CCCN(C(=O)C2CCCN(C(=O)c3ccc(C)cc3)C2)C1.Cl. The van der Waals surface area contributed by atoms with Crippen molar-refractivity contribution in [2.75, 3.05) is 33.2 Å². The first kappa shape index (κ1) is 20.7. The molecular weight excluding hydrogens is 350 g/mol. The number of hydrogen-bond acceptors (Lipinski definition) is 3. The Hall–Kier alpha value is -1.59. The average molecular weight is 380 g/mol. The number of halogens is 1. The van der Waals surface area contributed by atoms with Crippen LogP contribution in [0, 0.1) is 12.8 Å². The van der Waals surface area contributed by atoms with Crippen LogP contribution >= 0.6 is 12.4 Å². The first-order valence-electron chi connectivity index (χ1n) is 9.40. The number of likely N-dealkylation sites (N-methyl/N-ethyl adjacent to an activating group) is 1. The maximum absolute atomic E-state index is 12.9. The van der Waals surface area contributed by atoms with E-state index in [1.54, 1.807) is 0 Å². The van der Waals surface area contributed by atoms with E-state index in [0.29, 0.717) is 18.2 Å². The van der Waals surface area contributed by atoms with Crippen molar-refractivity contribution < 1.29 is 9.59 Å². The van der Waals surface area contributed by atoms with Crippen molar-refractivity contribution in [2.24, 2.45) is 5.92 Å². The summed E-state index contributed by atoms with van der Waals surface area (Å²) < 4.78 is 0. The Kier molecular flexibility index (Phi) is 7.47. The smallest absolute Gasteiger partial charge is 0.253 e. The van der Waals surface area contributed by atoms with Crippen LogP contribution in [0.5, 0.6) is 0 Å². The van der Waals surface area contributed by atoms with E-state index in [9.17, 15) is 9.59 Å². The molecule has 26 heavy (non-hydrogen) atoms. The number of carbonyl (C=O) groups is 2. The number of piperidine rings is 2. The van der Waals surface area contributed by atoms with E-state index >= 15 is 0 Å². The van der Waals surface area contributed by atoms with E-state index in [1.165, 1.54) is 0 Å². The largest absolute Gasteiger partial charge is 0.341 e. The number of likely N-dealkylation sites (tertiary alicyclic amines) is 2. The van der Waals surface area contributed by atoms with Crippen LogP contribution in [0.1, 0.15) is 41.6 Å². The van der Waals surface area contributed by atoms with Crippen molar-refractivity contribution >= 4 is 24.2 Å². The molecule has 0 spiro atoms. The zero-order valence-corrected chi connectivity index (χ0v) is 16.6. The zero-order valence-electron chi connectivity index (χ0n) is 15.7. The highest BCUT2D eigenvalue weighted by molar-refractivity contribution is 5.94. The summed E-state index contributed by atoms with van der Waals surface area (Å²) in [6.07, 6.45) is 3.97. The minimum absolute atomic E-state index is 0. The topological polar surface area (TPSA) is 52.7 Å². The molecule has 0 saturated carbocycles. The number of nitrogens with zero attached hydrogens (tertiary/aromatic N) is 2. The molecule has 2 fully saturated rings. The molecule has 2 unspecified atom stereocenters. The second-order valence-electron chi connectivity index (χ2n) is 7.37. The average Bonchev–Trinajstić information content (AvgIpc) is 2.67. The maximum Gasteiger partial charge on any atom is 0.253 e. The molecule has 2 aliphatic rings. The van der Waals surface area contributed by atoms with E-state index in [4.69, 9.17) is 0 Å². The van der Waals surface area contributed by atoms with Gasteiger partial charge in [-0.1, -0.05) is 17.7 Å². The van der Waals surface area contributed by atoms with Crippen LogP contribution in [0.3, 0.4) is 0 Å². The summed E-state index contributed by atoms with van der Waals surface area (Å²) in [7, 11) is 1.96. The number of nitrogens with one attached hydrogen (secondary N) is 1. The molecule has 0 radical (unpaired) electrons. The Bertz CT molecular complexity index is 620. The first-order valence-corrected chi connectivity index (χ1v) is 9.40. The maximum atomic E-state index is 12.9. The lowest BCUT2D eigenvalue weighted by atomic mass is 9.94. The van der Waals surface area contributed by atoms with Crippen molar-refractivity contribution in [3.05, 3.63) is 35.4 Å². The summed E-state index contributed by atoms with van der Waals surface area (Å²) >= 11 is 0. The number of rotatable bonds is 3. The molecular formula is C20H30ClN3O2. The van der Waals surface area contributed by atoms with Gasteiger partial charge in [0.2, 0.25) is 5.91 Å². The summed E-state index contributed by atoms with van der Waals surface area (Å²) in [6, 6.07) is 8.08. The van der Waals surface area contributed by atoms with Crippen LogP contribution in [-0.2, 0) is 4.79 Å². The molecule has 1 N–H and O–H groups in total. The Morgan fingerprint density at radius 1 is 1.00 bits per heavy atom. The molecule has 6 heteroatoms. The highest BCUT2D eigenvalue weighted by Gasteiger charge is 2.33. The fourth-order valence-electron chi connectivity index (χ4n) is 3.91. The van der Waals surface area contributed by atoms with E-state index in [1.807, 2.05) is 48.0 Å². The number of amides is 2. The Morgan fingerprint density at radius 2 is 1.65 bits per heavy atom. The molecule has 144 valence electrons. The summed E-state index contributed by atoms with van der Waals surface area (Å²) in [5, 5.41) is 3.29. The fourth-order valence-corrected chi connectivity index (χ4v) is 3.91. The number of benzene rings is 1. The summed E-state index contributed by atoms with van der Waals surface area (Å²) in [5.41, 5.74) is 1.86. The molecule has 2 saturated heterocycles. The minimum Gasteiger partial charge on any atom is -0.341 e. The Balaban J connectivity index is 0.00000243. The standard InChI is InChI=1S/C20H29N3O2.ClH/c1-15-7-9-16(10-8-15)19(24)22-11-3-5-17(13-22)20(25)23-12-4-6-18(14-23)21-2;/h7-10,17-18,21H,3-6,11-14H2,1-2H3;1H. The molecule has 5 nitrogen and oxygen atoms in total. The van der Waals surface area contributed by atoms with Gasteiger partial charge in [-0.05, 0) is 51.8 Å². The van der Waals surface area contributed by atoms with E-state index in [-0.39, 0.29) is 30.1 Å². The van der Waals surface area contributed by atoms with Gasteiger partial charge in [-0.25, -0.2) is 0 Å². The summed E-state index contributed by atoms with van der Waals surface area (Å²) in [4.78, 5) is 29.5. The van der Waals surface area contributed by atoms with Gasteiger partial charge in [0.1, 0.15) is 0 Å². The Labute approximate surface area is 162 Å². The van der Waals surface area contributed by atoms with Gasteiger partial charge in [-0.15, -0.1) is 12.4 Å². The van der Waals surface area contributed by atoms with Gasteiger partial charge in [0.05, 0.1) is 5.92 Å². The van der Waals surface area contributed by atoms with Gasteiger partial charge in [0.25, 0.3) is 5.91 Å². The molecule has 0 aliphatic carbocycles. The van der Waals surface area contributed by atoms with E-state index in [0.717, 1.165) is 50.9 Å². The molecule has 2 atom stereocenters. The summed E-state index contributed by atoms with van der Waals surface area (Å²) in [6.45, 7) is 4.94. The molecule has 2 aliphatic heterocycles.